The Labute approximate surface area is 123 Å². The Morgan fingerprint density at radius 3 is 2.43 bits per heavy atom. The highest BCUT2D eigenvalue weighted by molar-refractivity contribution is 7.92. The molecule has 1 N–H and O–H groups in total. The van der Waals surface area contributed by atoms with Gasteiger partial charge in [-0.2, -0.15) is 0 Å². The summed E-state index contributed by atoms with van der Waals surface area (Å²) in [5.74, 6) is -1.66. The van der Waals surface area contributed by atoms with Gasteiger partial charge in [-0.3, -0.25) is 9.59 Å². The molecule has 1 aliphatic heterocycles. The molecule has 0 radical (unpaired) electrons. The summed E-state index contributed by atoms with van der Waals surface area (Å²) in [6, 6.07) is 0. The molecular weight excluding hydrogens is 300 g/mol. The average Bonchev–Trinajstić information content (AvgIpc) is 2.74. The molecule has 0 aliphatic carbocycles. The maximum Gasteiger partial charge on any atom is 0.333 e. The van der Waals surface area contributed by atoms with Crippen LogP contribution in [0, 0.1) is 0 Å². The maximum absolute atomic E-state index is 11.4. The van der Waals surface area contributed by atoms with Gasteiger partial charge in [-0.1, -0.05) is 13.0 Å². The lowest BCUT2D eigenvalue weighted by molar-refractivity contribution is -0.197. The highest BCUT2D eigenvalue weighted by Gasteiger charge is 2.32. The molecule has 9 heteroatoms. The summed E-state index contributed by atoms with van der Waals surface area (Å²) in [7, 11) is -3.41. The number of hydrogen-bond donors (Lipinski definition) is 1. The summed E-state index contributed by atoms with van der Waals surface area (Å²) in [5.41, 5.74) is 0. The maximum atomic E-state index is 11.4. The van der Waals surface area contributed by atoms with E-state index in [9.17, 15) is 22.8 Å². The van der Waals surface area contributed by atoms with Crippen molar-refractivity contribution in [3.05, 3.63) is 12.0 Å². The lowest BCUT2D eigenvalue weighted by Crippen LogP contribution is -2.31. The predicted molar refractivity (Wildman–Crippen MR) is 72.8 cm³/mol. The second-order valence-corrected chi connectivity index (χ2v) is 6.17. The summed E-state index contributed by atoms with van der Waals surface area (Å²) in [6.07, 6.45) is 1.83. The first-order chi connectivity index (χ1) is 9.85. The first-order valence-corrected chi connectivity index (χ1v) is 8.09. The lowest BCUT2D eigenvalue weighted by atomic mass is 10.2. The molecule has 1 rings (SSSR count). The van der Waals surface area contributed by atoms with Gasteiger partial charge >= 0.3 is 5.97 Å². The van der Waals surface area contributed by atoms with Crippen LogP contribution >= 0.6 is 0 Å². The van der Waals surface area contributed by atoms with Crippen LogP contribution in [-0.4, -0.2) is 37.8 Å². The molecule has 2 amide bonds. The molecule has 1 fully saturated rings. The largest absolute Gasteiger partial charge is 0.333 e. The third-order valence-electron chi connectivity index (χ3n) is 2.78. The van der Waals surface area contributed by atoms with E-state index in [1.807, 2.05) is 0 Å². The van der Waals surface area contributed by atoms with E-state index in [0.29, 0.717) is 24.3 Å². The molecule has 0 aromatic rings. The minimum Gasteiger partial charge on any atom is -0.330 e. The van der Waals surface area contributed by atoms with Crippen molar-refractivity contribution in [1.82, 2.24) is 9.79 Å². The Morgan fingerprint density at radius 1 is 1.24 bits per heavy atom. The minimum atomic E-state index is -3.41. The molecule has 8 nitrogen and oxygen atoms in total. The highest BCUT2D eigenvalue weighted by atomic mass is 32.2. The summed E-state index contributed by atoms with van der Waals surface area (Å²) in [4.78, 5) is 38.5. The quantitative estimate of drug-likeness (QED) is 0.481. The van der Waals surface area contributed by atoms with E-state index in [2.05, 4.69) is 16.1 Å². The zero-order valence-electron chi connectivity index (χ0n) is 11.5. The fourth-order valence-electron chi connectivity index (χ4n) is 1.65. The van der Waals surface area contributed by atoms with Gasteiger partial charge in [0.2, 0.25) is 10.0 Å². The van der Waals surface area contributed by atoms with Crippen molar-refractivity contribution in [2.45, 2.75) is 38.5 Å². The fourth-order valence-corrected chi connectivity index (χ4v) is 2.20. The van der Waals surface area contributed by atoms with Gasteiger partial charge in [-0.05, 0) is 12.8 Å². The van der Waals surface area contributed by atoms with E-state index in [-0.39, 0.29) is 25.8 Å². The Morgan fingerprint density at radius 2 is 1.86 bits per heavy atom. The van der Waals surface area contributed by atoms with Crippen LogP contribution in [0.4, 0.5) is 0 Å². The standard InChI is InChI=1S/C12H18N2O6S/c1-2-21(18,19)13-9-5-3-4-6-12(17)20-14-10(15)7-8-11(14)16/h2,13H,1,3-9H2. The Balaban J connectivity index is 2.13. The summed E-state index contributed by atoms with van der Waals surface area (Å²) < 4.78 is 24.4. The molecule has 1 saturated heterocycles. The van der Waals surface area contributed by atoms with Crippen LogP contribution in [0.3, 0.4) is 0 Å². The van der Waals surface area contributed by atoms with Gasteiger partial charge in [0.15, 0.2) is 0 Å². The SMILES string of the molecule is C=CS(=O)(=O)NCCCCCC(=O)ON1C(=O)CCC1=O. The van der Waals surface area contributed by atoms with Gasteiger partial charge in [-0.25, -0.2) is 17.9 Å². The number of hydrogen-bond acceptors (Lipinski definition) is 6. The van der Waals surface area contributed by atoms with Gasteiger partial charge in [0, 0.05) is 31.2 Å². The van der Waals surface area contributed by atoms with Gasteiger partial charge in [0.05, 0.1) is 0 Å². The molecule has 0 atom stereocenters. The van der Waals surface area contributed by atoms with E-state index >= 15 is 0 Å². The number of unbranched alkanes of at least 4 members (excludes halogenated alkanes) is 2. The second kappa shape index (κ2) is 7.89. The normalized spacial score (nSPS) is 15.3. The molecule has 1 heterocycles. The van der Waals surface area contributed by atoms with E-state index in [1.165, 1.54) is 0 Å². The highest BCUT2D eigenvalue weighted by Crippen LogP contribution is 2.13. The Bertz CT molecular complexity index is 512. The molecule has 0 spiro atoms. The van der Waals surface area contributed by atoms with E-state index in [0.717, 1.165) is 5.41 Å². The monoisotopic (exact) mass is 318 g/mol. The van der Waals surface area contributed by atoms with Crippen LogP contribution in [0.1, 0.15) is 38.5 Å². The zero-order valence-corrected chi connectivity index (χ0v) is 12.4. The van der Waals surface area contributed by atoms with Crippen molar-refractivity contribution in [2.75, 3.05) is 6.54 Å². The number of nitrogens with one attached hydrogen (secondary N) is 1. The minimum absolute atomic E-state index is 0.0608. The van der Waals surface area contributed by atoms with Gasteiger partial charge in [-0.15, -0.1) is 5.06 Å². The molecule has 0 aromatic carbocycles. The van der Waals surface area contributed by atoms with Crippen LogP contribution in [0.25, 0.3) is 0 Å². The van der Waals surface area contributed by atoms with Crippen molar-refractivity contribution >= 4 is 27.8 Å². The molecule has 0 saturated carbocycles. The fraction of sp³-hybridized carbons (Fsp3) is 0.583. The predicted octanol–water partition coefficient (Wildman–Crippen LogP) is 0.217. The molecule has 1 aliphatic rings. The number of carbonyl (C=O) groups excluding carboxylic acids is 3. The first-order valence-electron chi connectivity index (χ1n) is 6.54. The number of hydroxylamine groups is 2. The smallest absolute Gasteiger partial charge is 0.330 e. The zero-order chi connectivity index (χ0) is 15.9. The van der Waals surface area contributed by atoms with Crippen molar-refractivity contribution < 1.29 is 27.6 Å². The van der Waals surface area contributed by atoms with E-state index in [4.69, 9.17) is 0 Å². The van der Waals surface area contributed by atoms with Gasteiger partial charge in [0.1, 0.15) is 0 Å². The van der Waals surface area contributed by atoms with Gasteiger partial charge < -0.3 is 4.84 Å². The van der Waals surface area contributed by atoms with Gasteiger partial charge in [0.25, 0.3) is 11.8 Å². The lowest BCUT2D eigenvalue weighted by Gasteiger charge is -2.12. The molecule has 118 valence electrons. The second-order valence-electron chi connectivity index (χ2n) is 4.46. The van der Waals surface area contributed by atoms with E-state index < -0.39 is 27.8 Å². The van der Waals surface area contributed by atoms with Crippen molar-refractivity contribution in [2.24, 2.45) is 0 Å². The molecular formula is C12H18N2O6S. The molecule has 0 aromatic heterocycles. The number of sulfonamides is 1. The van der Waals surface area contributed by atoms with Crippen LogP contribution < -0.4 is 4.72 Å². The summed E-state index contributed by atoms with van der Waals surface area (Å²) in [6.45, 7) is 3.42. The van der Waals surface area contributed by atoms with Crippen molar-refractivity contribution in [3.8, 4) is 0 Å². The number of nitrogens with zero attached hydrogens (tertiary/aromatic N) is 1. The Kier molecular flexibility index (Phi) is 6.50. The molecule has 0 unspecified atom stereocenters. The number of rotatable bonds is 9. The number of amides is 2. The third kappa shape index (κ3) is 6.05. The van der Waals surface area contributed by atoms with Crippen molar-refractivity contribution in [3.63, 3.8) is 0 Å². The Hall–Kier alpha value is -1.74. The third-order valence-corrected chi connectivity index (χ3v) is 3.82. The average molecular weight is 318 g/mol. The molecule has 0 bridgehead atoms. The van der Waals surface area contributed by atoms with Crippen LogP contribution in [0.5, 0.6) is 0 Å². The topological polar surface area (TPSA) is 110 Å². The van der Waals surface area contributed by atoms with Crippen LogP contribution in [0.15, 0.2) is 12.0 Å². The first kappa shape index (κ1) is 17.3. The van der Waals surface area contributed by atoms with Crippen molar-refractivity contribution in [1.29, 1.82) is 0 Å². The summed E-state index contributed by atoms with van der Waals surface area (Å²) >= 11 is 0. The molecule has 21 heavy (non-hydrogen) atoms. The van der Waals surface area contributed by atoms with Crippen LogP contribution in [-0.2, 0) is 29.2 Å². The number of imide groups is 1. The van der Waals surface area contributed by atoms with Crippen LogP contribution in [0.2, 0.25) is 0 Å². The van der Waals surface area contributed by atoms with E-state index in [1.54, 1.807) is 0 Å². The summed E-state index contributed by atoms with van der Waals surface area (Å²) in [5, 5.41) is 1.34. The number of carbonyl (C=O) groups is 3.